The van der Waals surface area contributed by atoms with Gasteiger partial charge in [0.1, 0.15) is 0 Å². The summed E-state index contributed by atoms with van der Waals surface area (Å²) in [4.78, 5) is 14.6. The van der Waals surface area contributed by atoms with Gasteiger partial charge in [-0.25, -0.2) is 8.42 Å². The van der Waals surface area contributed by atoms with Gasteiger partial charge in [0.25, 0.3) is 15.9 Å². The lowest BCUT2D eigenvalue weighted by atomic mass is 10.1. The van der Waals surface area contributed by atoms with E-state index < -0.39 is 10.0 Å². The molecule has 1 amide bonds. The predicted octanol–water partition coefficient (Wildman–Crippen LogP) is 3.05. The van der Waals surface area contributed by atoms with Gasteiger partial charge in [-0.2, -0.15) is 0 Å². The molecule has 1 N–H and O–H groups in total. The summed E-state index contributed by atoms with van der Waals surface area (Å²) >= 11 is 0. The fraction of sp³-hybridized carbons (Fsp3) is 0.350. The maximum atomic E-state index is 12.7. The van der Waals surface area contributed by atoms with Crippen molar-refractivity contribution in [1.29, 1.82) is 0 Å². The molecule has 0 unspecified atom stereocenters. The third-order valence-corrected chi connectivity index (χ3v) is 5.89. The third-order valence-electron chi connectivity index (χ3n) is 4.51. The first kappa shape index (κ1) is 19.4. The Morgan fingerprint density at radius 3 is 2.22 bits per heavy atom. The molecule has 1 fully saturated rings. The average molecular weight is 388 g/mol. The molecule has 2 aromatic rings. The Morgan fingerprint density at radius 1 is 1.04 bits per heavy atom. The first-order chi connectivity index (χ1) is 12.8. The molecule has 6 nitrogen and oxygen atoms in total. The van der Waals surface area contributed by atoms with E-state index in [0.717, 1.165) is 5.56 Å². The van der Waals surface area contributed by atoms with E-state index in [2.05, 4.69) is 4.72 Å². The Morgan fingerprint density at radius 2 is 1.63 bits per heavy atom. The maximum absolute atomic E-state index is 12.7. The fourth-order valence-corrected chi connectivity index (χ4v) is 4.32. The van der Waals surface area contributed by atoms with E-state index in [-0.39, 0.29) is 23.0 Å². The minimum atomic E-state index is -3.72. The van der Waals surface area contributed by atoms with Gasteiger partial charge >= 0.3 is 0 Å². The van der Waals surface area contributed by atoms with Crippen molar-refractivity contribution in [1.82, 2.24) is 4.90 Å². The summed E-state index contributed by atoms with van der Waals surface area (Å²) in [7, 11) is -3.72. The molecule has 0 radical (unpaired) electrons. The van der Waals surface area contributed by atoms with Gasteiger partial charge in [-0.15, -0.1) is 0 Å². The largest absolute Gasteiger partial charge is 0.372 e. The van der Waals surface area contributed by atoms with Crippen LogP contribution in [0.2, 0.25) is 0 Å². The number of carbonyl (C=O) groups excluding carboxylic acids is 1. The number of anilines is 1. The van der Waals surface area contributed by atoms with Gasteiger partial charge in [0.2, 0.25) is 0 Å². The van der Waals surface area contributed by atoms with Crippen LogP contribution in [0.25, 0.3) is 0 Å². The van der Waals surface area contributed by atoms with Crippen LogP contribution in [-0.2, 0) is 14.8 Å². The fourth-order valence-electron chi connectivity index (χ4n) is 3.19. The quantitative estimate of drug-likeness (QED) is 0.873. The van der Waals surface area contributed by atoms with Gasteiger partial charge in [0.05, 0.1) is 22.8 Å². The Hall–Kier alpha value is -2.38. The van der Waals surface area contributed by atoms with E-state index in [1.165, 1.54) is 12.1 Å². The average Bonchev–Trinajstić information content (AvgIpc) is 2.62. The summed E-state index contributed by atoms with van der Waals surface area (Å²) in [5.41, 5.74) is 1.84. The zero-order valence-corrected chi connectivity index (χ0v) is 16.5. The topological polar surface area (TPSA) is 75.7 Å². The second-order valence-corrected chi connectivity index (χ2v) is 8.59. The molecule has 0 spiro atoms. The van der Waals surface area contributed by atoms with Gasteiger partial charge in [-0.3, -0.25) is 9.52 Å². The van der Waals surface area contributed by atoms with Gasteiger partial charge in [0, 0.05) is 18.7 Å². The SMILES string of the molecule is Cc1ccccc1NS(=O)(=O)c1ccc(C(=O)N2C[C@H](C)O[C@@H](C)C2)cc1. The first-order valence-electron chi connectivity index (χ1n) is 8.89. The Labute approximate surface area is 160 Å². The highest BCUT2D eigenvalue weighted by molar-refractivity contribution is 7.92. The summed E-state index contributed by atoms with van der Waals surface area (Å²) in [5.74, 6) is -0.118. The Bertz CT molecular complexity index is 915. The van der Waals surface area contributed by atoms with E-state index in [4.69, 9.17) is 4.74 Å². The molecule has 0 saturated carbocycles. The highest BCUT2D eigenvalue weighted by Gasteiger charge is 2.27. The van der Waals surface area contributed by atoms with Crippen molar-refractivity contribution in [3.63, 3.8) is 0 Å². The van der Waals surface area contributed by atoms with Crippen molar-refractivity contribution < 1.29 is 17.9 Å². The van der Waals surface area contributed by atoms with Crippen LogP contribution in [0.5, 0.6) is 0 Å². The maximum Gasteiger partial charge on any atom is 0.261 e. The first-order valence-corrected chi connectivity index (χ1v) is 10.4. The van der Waals surface area contributed by atoms with Crippen LogP contribution < -0.4 is 4.72 Å². The van der Waals surface area contributed by atoms with Gasteiger partial charge in [-0.05, 0) is 56.7 Å². The van der Waals surface area contributed by atoms with Crippen molar-refractivity contribution >= 4 is 21.6 Å². The van der Waals surface area contributed by atoms with Crippen molar-refractivity contribution in [2.45, 2.75) is 37.9 Å². The number of nitrogens with one attached hydrogen (secondary N) is 1. The van der Waals surface area contributed by atoms with Crippen LogP contribution in [-0.4, -0.2) is 44.5 Å². The van der Waals surface area contributed by atoms with Crippen LogP contribution >= 0.6 is 0 Å². The third kappa shape index (κ3) is 4.48. The molecule has 0 aromatic heterocycles. The smallest absolute Gasteiger partial charge is 0.261 e. The minimum absolute atomic E-state index is 0.0179. The Balaban J connectivity index is 1.76. The molecule has 1 heterocycles. The summed E-state index contributed by atoms with van der Waals surface area (Å²) in [5, 5.41) is 0. The number of amides is 1. The number of hydrogen-bond acceptors (Lipinski definition) is 4. The van der Waals surface area contributed by atoms with Crippen molar-refractivity contribution in [3.05, 3.63) is 59.7 Å². The van der Waals surface area contributed by atoms with Crippen LogP contribution in [0.15, 0.2) is 53.4 Å². The second-order valence-electron chi connectivity index (χ2n) is 6.91. The molecule has 1 saturated heterocycles. The number of sulfonamides is 1. The zero-order valence-electron chi connectivity index (χ0n) is 15.7. The molecular formula is C20H24N2O4S. The molecule has 0 bridgehead atoms. The summed E-state index contributed by atoms with van der Waals surface area (Å²) in [6, 6.07) is 13.2. The van der Waals surface area contributed by atoms with Crippen LogP contribution in [0.3, 0.4) is 0 Å². The van der Waals surface area contributed by atoms with Gasteiger partial charge in [0.15, 0.2) is 0 Å². The van der Waals surface area contributed by atoms with E-state index in [9.17, 15) is 13.2 Å². The van der Waals surface area contributed by atoms with E-state index >= 15 is 0 Å². The van der Waals surface area contributed by atoms with Gasteiger partial charge < -0.3 is 9.64 Å². The summed E-state index contributed by atoms with van der Waals surface area (Å²) in [6.07, 6.45) is -0.0358. The second kappa shape index (κ2) is 7.70. The predicted molar refractivity (Wildman–Crippen MR) is 104 cm³/mol. The zero-order chi connectivity index (χ0) is 19.6. The van der Waals surface area contributed by atoms with Crippen molar-refractivity contribution in [3.8, 4) is 0 Å². The number of carbonyl (C=O) groups is 1. The Kier molecular flexibility index (Phi) is 5.53. The monoisotopic (exact) mass is 388 g/mol. The molecule has 3 rings (SSSR count). The number of hydrogen-bond donors (Lipinski definition) is 1. The number of aryl methyl sites for hydroxylation is 1. The van der Waals surface area contributed by atoms with Crippen LogP contribution in [0.1, 0.15) is 29.8 Å². The van der Waals surface area contributed by atoms with Crippen molar-refractivity contribution in [2.75, 3.05) is 17.8 Å². The molecular weight excluding hydrogens is 364 g/mol. The van der Waals surface area contributed by atoms with Crippen LogP contribution in [0.4, 0.5) is 5.69 Å². The highest BCUT2D eigenvalue weighted by atomic mass is 32.2. The minimum Gasteiger partial charge on any atom is -0.372 e. The lowest BCUT2D eigenvalue weighted by molar-refractivity contribution is -0.0586. The standard InChI is InChI=1S/C20H24N2O4S/c1-14-6-4-5-7-19(14)21-27(24,25)18-10-8-17(9-11-18)20(23)22-12-15(2)26-16(3)13-22/h4-11,15-16,21H,12-13H2,1-3H3/t15-,16-/m0/s1. The lowest BCUT2D eigenvalue weighted by Gasteiger charge is -2.35. The van der Waals surface area contributed by atoms with Crippen molar-refractivity contribution in [2.24, 2.45) is 0 Å². The van der Waals surface area contributed by atoms with Gasteiger partial charge in [-0.1, -0.05) is 18.2 Å². The molecule has 0 aliphatic carbocycles. The molecule has 2 aromatic carbocycles. The molecule has 2 atom stereocenters. The van der Waals surface area contributed by atoms with E-state index in [1.807, 2.05) is 32.9 Å². The summed E-state index contributed by atoms with van der Waals surface area (Å²) < 4.78 is 33.4. The number of rotatable bonds is 4. The molecule has 1 aliphatic heterocycles. The number of benzene rings is 2. The summed E-state index contributed by atoms with van der Waals surface area (Å²) in [6.45, 7) is 6.76. The molecule has 1 aliphatic rings. The number of para-hydroxylation sites is 1. The van der Waals surface area contributed by atoms with E-state index in [1.54, 1.807) is 29.2 Å². The number of ether oxygens (including phenoxy) is 1. The molecule has 144 valence electrons. The normalized spacial score (nSPS) is 20.3. The lowest BCUT2D eigenvalue weighted by Crippen LogP contribution is -2.48. The molecule has 7 heteroatoms. The highest BCUT2D eigenvalue weighted by Crippen LogP contribution is 2.20. The number of morpholine rings is 1. The van der Waals surface area contributed by atoms with Crippen LogP contribution in [0, 0.1) is 6.92 Å². The van der Waals surface area contributed by atoms with E-state index in [0.29, 0.717) is 24.3 Å². The number of nitrogens with zero attached hydrogens (tertiary/aromatic N) is 1. The molecule has 27 heavy (non-hydrogen) atoms.